The molecule has 0 heterocycles. The van der Waals surface area contributed by atoms with Gasteiger partial charge in [0.05, 0.1) is 6.42 Å². The van der Waals surface area contributed by atoms with E-state index in [1.165, 1.54) is 6.08 Å². The summed E-state index contributed by atoms with van der Waals surface area (Å²) in [7, 11) is 0. The van der Waals surface area contributed by atoms with E-state index in [2.05, 4.69) is 6.58 Å². The van der Waals surface area contributed by atoms with Gasteiger partial charge in [0.2, 0.25) is 0 Å². The van der Waals surface area contributed by atoms with Crippen molar-refractivity contribution in [2.75, 3.05) is 0 Å². The lowest BCUT2D eigenvalue weighted by Gasteiger charge is -1.67. The van der Waals surface area contributed by atoms with Crippen molar-refractivity contribution in [2.24, 2.45) is 0 Å². The van der Waals surface area contributed by atoms with Crippen molar-refractivity contribution in [3.8, 4) is 0 Å². The Kier molecular flexibility index (Phi) is 2.38. The maximum atomic E-state index is 8.47. The highest BCUT2D eigenvalue weighted by Crippen LogP contribution is 1.76. The molecule has 1 N–H and O–H groups in total. The standard InChI is InChI=1S/C5H8O/c1-3-5(6)4-2/h3H,1,4H2,2H3/p+1. The van der Waals surface area contributed by atoms with E-state index in [1.807, 2.05) is 6.92 Å². The van der Waals surface area contributed by atoms with Gasteiger partial charge in [-0.25, -0.2) is 0 Å². The second-order valence-corrected chi connectivity index (χ2v) is 1.05. The molecular formula is C5H9O+. The van der Waals surface area contributed by atoms with Gasteiger partial charge in [0.15, 0.2) is 0 Å². The van der Waals surface area contributed by atoms with Crippen LogP contribution in [0.15, 0.2) is 12.7 Å². The Morgan fingerprint density at radius 3 is 2.50 bits per heavy atom. The van der Waals surface area contributed by atoms with Crippen LogP contribution in [0.3, 0.4) is 0 Å². The summed E-state index contributed by atoms with van der Waals surface area (Å²) in [6.45, 7) is 5.22. The van der Waals surface area contributed by atoms with Gasteiger partial charge in [0.25, 0.3) is 0 Å². The Labute approximate surface area is 37.7 Å². The van der Waals surface area contributed by atoms with Gasteiger partial charge in [0.1, 0.15) is 0 Å². The number of hydrogen-bond acceptors (Lipinski definition) is 0. The minimum Gasteiger partial charge on any atom is -0.279 e. The van der Waals surface area contributed by atoms with Gasteiger partial charge in [-0.05, 0) is 0 Å². The fraction of sp³-hybridized carbons (Fsp3) is 0.400. The highest BCUT2D eigenvalue weighted by Gasteiger charge is 1.91. The van der Waals surface area contributed by atoms with Gasteiger partial charge in [-0.1, -0.05) is 13.5 Å². The number of rotatable bonds is 2. The van der Waals surface area contributed by atoms with Crippen molar-refractivity contribution in [3.05, 3.63) is 12.7 Å². The second kappa shape index (κ2) is 2.64. The molecule has 34 valence electrons. The molecule has 0 aromatic carbocycles. The molecule has 0 aliphatic rings. The molecule has 0 bridgehead atoms. The van der Waals surface area contributed by atoms with Gasteiger partial charge >= 0.3 is 5.78 Å². The molecule has 0 saturated heterocycles. The molecule has 1 heteroatoms. The monoisotopic (exact) mass is 85.1 g/mol. The first kappa shape index (κ1) is 5.41. The van der Waals surface area contributed by atoms with Gasteiger partial charge in [0, 0.05) is 6.08 Å². The summed E-state index contributed by atoms with van der Waals surface area (Å²) >= 11 is 0. The lowest BCUT2D eigenvalue weighted by atomic mass is 10.3. The summed E-state index contributed by atoms with van der Waals surface area (Å²) in [6, 6.07) is 0. The van der Waals surface area contributed by atoms with Crippen LogP contribution in [0.5, 0.6) is 0 Å². The first-order valence-electron chi connectivity index (χ1n) is 1.98. The highest BCUT2D eigenvalue weighted by atomic mass is 16.1. The van der Waals surface area contributed by atoms with E-state index in [4.69, 9.17) is 4.79 Å². The molecule has 0 aliphatic heterocycles. The Balaban J connectivity index is 3.23. The summed E-state index contributed by atoms with van der Waals surface area (Å²) in [5, 5.41) is 0. The molecule has 0 rings (SSSR count). The van der Waals surface area contributed by atoms with Crippen LogP contribution >= 0.6 is 0 Å². The van der Waals surface area contributed by atoms with Crippen molar-refractivity contribution < 1.29 is 4.79 Å². The van der Waals surface area contributed by atoms with Crippen molar-refractivity contribution in [3.63, 3.8) is 0 Å². The summed E-state index contributed by atoms with van der Waals surface area (Å²) in [5.41, 5.74) is 0. The highest BCUT2D eigenvalue weighted by molar-refractivity contribution is 5.89. The number of hydrogen-bond donors (Lipinski definition) is 0. The van der Waals surface area contributed by atoms with Crippen LogP contribution in [0.2, 0.25) is 0 Å². The molecule has 1 nitrogen and oxygen atoms in total. The smallest absolute Gasteiger partial charge is 0.279 e. The molecule has 0 unspecified atom stereocenters. The second-order valence-electron chi connectivity index (χ2n) is 1.05. The number of carbonyl (C=O) groups excluding carboxylic acids is 1. The van der Waals surface area contributed by atoms with Crippen LogP contribution in [-0.4, -0.2) is 10.6 Å². The quantitative estimate of drug-likeness (QED) is 0.354. The van der Waals surface area contributed by atoms with Crippen LogP contribution < -0.4 is 0 Å². The van der Waals surface area contributed by atoms with Crippen LogP contribution in [-0.2, 0) is 0 Å². The Morgan fingerprint density at radius 1 is 2.00 bits per heavy atom. The van der Waals surface area contributed by atoms with Gasteiger partial charge in [-0.2, -0.15) is 0 Å². The fourth-order valence-corrected chi connectivity index (χ4v) is 0.144. The third-order valence-electron chi connectivity index (χ3n) is 0.598. The van der Waals surface area contributed by atoms with Crippen molar-refractivity contribution in [2.45, 2.75) is 13.3 Å². The lowest BCUT2D eigenvalue weighted by molar-refractivity contribution is 0.667. The molecule has 0 aromatic heterocycles. The van der Waals surface area contributed by atoms with E-state index in [0.717, 1.165) is 0 Å². The zero-order valence-corrected chi connectivity index (χ0v) is 3.94. The average molecular weight is 85.1 g/mol. The Hall–Kier alpha value is -0.590. The SMILES string of the molecule is C=CC(=[OH+])CC. The van der Waals surface area contributed by atoms with E-state index in [0.29, 0.717) is 12.2 Å². The van der Waals surface area contributed by atoms with Crippen molar-refractivity contribution in [1.82, 2.24) is 0 Å². The van der Waals surface area contributed by atoms with E-state index in [1.54, 1.807) is 0 Å². The average Bonchev–Trinajstić information content (AvgIpc) is 1.65. The number of allylic oxidation sites excluding steroid dienone is 1. The maximum absolute atomic E-state index is 8.47. The molecule has 0 fully saturated rings. The molecule has 0 amide bonds. The first-order valence-corrected chi connectivity index (χ1v) is 1.98. The van der Waals surface area contributed by atoms with Crippen molar-refractivity contribution >= 4 is 5.78 Å². The van der Waals surface area contributed by atoms with E-state index < -0.39 is 0 Å². The molecule has 0 radical (unpaired) electrons. The van der Waals surface area contributed by atoms with Crippen LogP contribution in [0.4, 0.5) is 0 Å². The summed E-state index contributed by atoms with van der Waals surface area (Å²) in [5.74, 6) is 0.356. The summed E-state index contributed by atoms with van der Waals surface area (Å²) in [4.78, 5) is 8.47. The van der Waals surface area contributed by atoms with Gasteiger partial charge < -0.3 is 0 Å². The fourth-order valence-electron chi connectivity index (χ4n) is 0.144. The predicted octanol–water partition coefficient (Wildman–Crippen LogP) is 1.13. The largest absolute Gasteiger partial charge is 0.315 e. The van der Waals surface area contributed by atoms with E-state index >= 15 is 0 Å². The van der Waals surface area contributed by atoms with Crippen LogP contribution in [0, 0.1) is 0 Å². The van der Waals surface area contributed by atoms with Crippen LogP contribution in [0.1, 0.15) is 13.3 Å². The first-order chi connectivity index (χ1) is 2.81. The molecule has 0 aromatic rings. The van der Waals surface area contributed by atoms with Crippen LogP contribution in [0.25, 0.3) is 0 Å². The molecule has 6 heavy (non-hydrogen) atoms. The maximum Gasteiger partial charge on any atom is 0.315 e. The third-order valence-corrected chi connectivity index (χ3v) is 0.598. The lowest BCUT2D eigenvalue weighted by Crippen LogP contribution is -1.84. The summed E-state index contributed by atoms with van der Waals surface area (Å²) in [6.07, 6.45) is 2.13. The van der Waals surface area contributed by atoms with E-state index in [9.17, 15) is 0 Å². The topological polar surface area (TPSA) is 21.4 Å². The zero-order chi connectivity index (χ0) is 4.99. The summed E-state index contributed by atoms with van der Waals surface area (Å²) < 4.78 is 0. The molecule has 0 spiro atoms. The Morgan fingerprint density at radius 2 is 2.50 bits per heavy atom. The van der Waals surface area contributed by atoms with Gasteiger partial charge in [-0.15, -0.1) is 0 Å². The molecule has 0 atom stereocenters. The minimum atomic E-state index is 0.356. The molecule has 0 saturated carbocycles. The van der Waals surface area contributed by atoms with Crippen molar-refractivity contribution in [1.29, 1.82) is 0 Å². The number of ketones is 1. The minimum absolute atomic E-state index is 0.356. The molecular weight excluding hydrogens is 76.1 g/mol. The van der Waals surface area contributed by atoms with E-state index in [-0.39, 0.29) is 0 Å². The predicted molar refractivity (Wildman–Crippen MR) is 27.4 cm³/mol. The molecule has 0 aliphatic carbocycles. The normalized spacial score (nSPS) is 7.50. The van der Waals surface area contributed by atoms with Gasteiger partial charge in [-0.3, -0.25) is 4.79 Å². The zero-order valence-electron chi connectivity index (χ0n) is 3.94. The Bertz CT molecular complexity index is 64.3. The third kappa shape index (κ3) is 1.70.